The molecule has 0 aromatic heterocycles. The Balaban J connectivity index is 2.52. The Labute approximate surface area is 91.2 Å². The minimum absolute atomic E-state index is 0.200. The smallest absolute Gasteiger partial charge is 0.410 e. The first kappa shape index (κ1) is 11.7. The maximum Gasteiger partial charge on any atom is 0.410 e. The second-order valence-electron chi connectivity index (χ2n) is 4.65. The summed E-state index contributed by atoms with van der Waals surface area (Å²) in [6, 6.07) is 0.258. The Morgan fingerprint density at radius 1 is 1.57 bits per heavy atom. The minimum Gasteiger partial charge on any atom is -0.444 e. The van der Waals surface area contributed by atoms with Gasteiger partial charge in [0.15, 0.2) is 0 Å². The molecule has 1 rings (SSSR count). The van der Waals surface area contributed by atoms with Gasteiger partial charge in [-0.2, -0.15) is 12.6 Å². The fourth-order valence-corrected chi connectivity index (χ4v) is 1.97. The monoisotopic (exact) mass is 217 g/mol. The number of carbonyl (C=O) groups excluding carboxylic acids is 1. The lowest BCUT2D eigenvalue weighted by molar-refractivity contribution is 0.0242. The van der Waals surface area contributed by atoms with Crippen molar-refractivity contribution in [2.24, 2.45) is 0 Å². The molecule has 1 aliphatic heterocycles. The number of nitrogens with zero attached hydrogens (tertiary/aromatic N) is 1. The van der Waals surface area contributed by atoms with Gasteiger partial charge in [-0.3, -0.25) is 0 Å². The molecule has 0 saturated carbocycles. The van der Waals surface area contributed by atoms with Crippen LogP contribution >= 0.6 is 12.6 Å². The van der Waals surface area contributed by atoms with Crippen LogP contribution in [0.2, 0.25) is 0 Å². The maximum atomic E-state index is 11.7. The lowest BCUT2D eigenvalue weighted by Gasteiger charge is -2.27. The summed E-state index contributed by atoms with van der Waals surface area (Å²) >= 11 is 4.23. The maximum absolute atomic E-state index is 11.7. The molecule has 1 unspecified atom stereocenters. The third-order valence-corrected chi connectivity index (χ3v) is 2.64. The molecule has 1 aliphatic rings. The van der Waals surface area contributed by atoms with Crippen molar-refractivity contribution in [3.63, 3.8) is 0 Å². The predicted molar refractivity (Wildman–Crippen MR) is 59.8 cm³/mol. The first-order valence-electron chi connectivity index (χ1n) is 5.04. The molecule has 0 spiro atoms. The van der Waals surface area contributed by atoms with E-state index in [-0.39, 0.29) is 12.1 Å². The molecule has 1 saturated heterocycles. The van der Waals surface area contributed by atoms with Crippen molar-refractivity contribution in [2.75, 3.05) is 12.3 Å². The SMILES string of the molecule is CC(C)(C)OC(=O)N1CCCC1CS. The topological polar surface area (TPSA) is 29.5 Å². The number of ether oxygens (including phenoxy) is 1. The molecule has 1 amide bonds. The average Bonchev–Trinajstić information content (AvgIpc) is 2.47. The van der Waals surface area contributed by atoms with Crippen LogP contribution < -0.4 is 0 Å². The minimum atomic E-state index is -0.402. The van der Waals surface area contributed by atoms with E-state index in [1.54, 1.807) is 4.90 Å². The van der Waals surface area contributed by atoms with Crippen molar-refractivity contribution in [1.82, 2.24) is 4.90 Å². The van der Waals surface area contributed by atoms with E-state index in [4.69, 9.17) is 4.74 Å². The van der Waals surface area contributed by atoms with Crippen molar-refractivity contribution >= 4 is 18.7 Å². The standard InChI is InChI=1S/C10H19NO2S/c1-10(2,3)13-9(12)11-6-4-5-8(11)7-14/h8,14H,4-7H2,1-3H3. The van der Waals surface area contributed by atoms with E-state index in [0.29, 0.717) is 0 Å². The van der Waals surface area contributed by atoms with Gasteiger partial charge in [0, 0.05) is 18.3 Å². The zero-order valence-electron chi connectivity index (χ0n) is 9.12. The predicted octanol–water partition coefficient (Wildman–Crippen LogP) is 2.32. The number of amides is 1. The molecule has 0 aliphatic carbocycles. The molecule has 82 valence electrons. The van der Waals surface area contributed by atoms with Crippen LogP contribution in [0.15, 0.2) is 0 Å². The van der Waals surface area contributed by atoms with Crippen LogP contribution in [0.3, 0.4) is 0 Å². The summed E-state index contributed by atoms with van der Waals surface area (Å²) in [7, 11) is 0. The summed E-state index contributed by atoms with van der Waals surface area (Å²) in [4.78, 5) is 13.5. The number of thiol groups is 1. The summed E-state index contributed by atoms with van der Waals surface area (Å²) in [6.45, 7) is 6.46. The summed E-state index contributed by atoms with van der Waals surface area (Å²) in [5, 5.41) is 0. The van der Waals surface area contributed by atoms with Gasteiger partial charge < -0.3 is 9.64 Å². The van der Waals surface area contributed by atoms with Gasteiger partial charge in [-0.1, -0.05) is 0 Å². The lowest BCUT2D eigenvalue weighted by Crippen LogP contribution is -2.40. The fraction of sp³-hybridized carbons (Fsp3) is 0.900. The van der Waals surface area contributed by atoms with E-state index in [1.807, 2.05) is 20.8 Å². The van der Waals surface area contributed by atoms with E-state index in [0.717, 1.165) is 25.1 Å². The lowest BCUT2D eigenvalue weighted by atomic mass is 10.2. The van der Waals surface area contributed by atoms with Crippen molar-refractivity contribution in [1.29, 1.82) is 0 Å². The van der Waals surface area contributed by atoms with Gasteiger partial charge in [-0.15, -0.1) is 0 Å². The van der Waals surface area contributed by atoms with E-state index >= 15 is 0 Å². The first-order valence-corrected chi connectivity index (χ1v) is 5.68. The second kappa shape index (κ2) is 4.43. The Kier molecular flexibility index (Phi) is 3.70. The molecular weight excluding hydrogens is 198 g/mol. The molecule has 1 fully saturated rings. The highest BCUT2D eigenvalue weighted by molar-refractivity contribution is 7.80. The van der Waals surface area contributed by atoms with E-state index in [2.05, 4.69) is 12.6 Å². The molecule has 1 atom stereocenters. The quantitative estimate of drug-likeness (QED) is 0.683. The Bertz CT molecular complexity index is 213. The second-order valence-corrected chi connectivity index (χ2v) is 5.02. The van der Waals surface area contributed by atoms with Crippen LogP contribution in [-0.4, -0.2) is 34.9 Å². The van der Waals surface area contributed by atoms with Gasteiger partial charge >= 0.3 is 6.09 Å². The van der Waals surface area contributed by atoms with Crippen LogP contribution in [0.5, 0.6) is 0 Å². The van der Waals surface area contributed by atoms with Gasteiger partial charge in [0.25, 0.3) is 0 Å². The van der Waals surface area contributed by atoms with Gasteiger partial charge in [0.2, 0.25) is 0 Å². The molecule has 4 heteroatoms. The van der Waals surface area contributed by atoms with Crippen molar-refractivity contribution in [3.8, 4) is 0 Å². The van der Waals surface area contributed by atoms with Crippen molar-refractivity contribution in [2.45, 2.75) is 45.3 Å². The van der Waals surface area contributed by atoms with Crippen LogP contribution in [0.4, 0.5) is 4.79 Å². The molecule has 0 bridgehead atoms. The van der Waals surface area contributed by atoms with Crippen LogP contribution in [0, 0.1) is 0 Å². The molecule has 14 heavy (non-hydrogen) atoms. The van der Waals surface area contributed by atoms with Gasteiger partial charge in [0.1, 0.15) is 5.60 Å². The van der Waals surface area contributed by atoms with E-state index in [1.165, 1.54) is 0 Å². The zero-order chi connectivity index (χ0) is 10.8. The molecule has 0 N–H and O–H groups in total. The number of likely N-dealkylation sites (tertiary alicyclic amines) is 1. The van der Waals surface area contributed by atoms with E-state index in [9.17, 15) is 4.79 Å². The van der Waals surface area contributed by atoms with Gasteiger partial charge in [-0.25, -0.2) is 4.79 Å². The average molecular weight is 217 g/mol. The van der Waals surface area contributed by atoms with Crippen molar-refractivity contribution in [3.05, 3.63) is 0 Å². The molecule has 0 radical (unpaired) electrons. The largest absolute Gasteiger partial charge is 0.444 e. The highest BCUT2D eigenvalue weighted by Crippen LogP contribution is 2.21. The van der Waals surface area contributed by atoms with Gasteiger partial charge in [0.05, 0.1) is 0 Å². The fourth-order valence-electron chi connectivity index (χ4n) is 1.59. The molecule has 1 heterocycles. The third kappa shape index (κ3) is 3.08. The number of carbonyl (C=O) groups is 1. The van der Waals surface area contributed by atoms with Crippen molar-refractivity contribution < 1.29 is 9.53 Å². The summed E-state index contributed by atoms with van der Waals surface area (Å²) in [6.07, 6.45) is 1.90. The highest BCUT2D eigenvalue weighted by Gasteiger charge is 2.30. The highest BCUT2D eigenvalue weighted by atomic mass is 32.1. The molecule has 0 aromatic rings. The number of rotatable bonds is 1. The summed E-state index contributed by atoms with van der Waals surface area (Å²) in [5.41, 5.74) is -0.402. The van der Waals surface area contributed by atoms with Crippen LogP contribution in [0.25, 0.3) is 0 Å². The molecule has 3 nitrogen and oxygen atoms in total. The van der Waals surface area contributed by atoms with Crippen LogP contribution in [-0.2, 0) is 4.74 Å². The van der Waals surface area contributed by atoms with Crippen LogP contribution in [0.1, 0.15) is 33.6 Å². The zero-order valence-corrected chi connectivity index (χ0v) is 10.0. The first-order chi connectivity index (χ1) is 6.44. The Morgan fingerprint density at radius 2 is 2.21 bits per heavy atom. The summed E-state index contributed by atoms with van der Waals surface area (Å²) < 4.78 is 5.31. The van der Waals surface area contributed by atoms with E-state index < -0.39 is 5.60 Å². The number of hydrogen-bond acceptors (Lipinski definition) is 3. The third-order valence-electron chi connectivity index (χ3n) is 2.22. The summed E-state index contributed by atoms with van der Waals surface area (Å²) in [5.74, 6) is 0.721. The Hall–Kier alpha value is -0.380. The Morgan fingerprint density at radius 3 is 2.71 bits per heavy atom. The molecule has 0 aromatic carbocycles. The molecular formula is C10H19NO2S. The normalized spacial score (nSPS) is 22.6. The number of hydrogen-bond donors (Lipinski definition) is 1. The van der Waals surface area contributed by atoms with Gasteiger partial charge in [-0.05, 0) is 33.6 Å².